The van der Waals surface area contributed by atoms with E-state index in [9.17, 15) is 0 Å². The van der Waals surface area contributed by atoms with Gasteiger partial charge in [-0.1, -0.05) is 72.8 Å². The van der Waals surface area contributed by atoms with E-state index in [2.05, 4.69) is 86.7 Å². The lowest BCUT2D eigenvalue weighted by molar-refractivity contribution is 0.151. The third-order valence-electron chi connectivity index (χ3n) is 7.58. The molecule has 0 aliphatic carbocycles. The van der Waals surface area contributed by atoms with Crippen LogP contribution in [0.1, 0.15) is 72.2 Å². The Balaban J connectivity index is 1.43. The van der Waals surface area contributed by atoms with Gasteiger partial charge < -0.3 is 13.7 Å². The Kier molecular flexibility index (Phi) is 8.23. The highest BCUT2D eigenvalue weighted by molar-refractivity contribution is 5.45. The van der Waals surface area contributed by atoms with Crippen LogP contribution in [0, 0.1) is 6.92 Å². The highest BCUT2D eigenvalue weighted by Gasteiger charge is 2.29. The second-order valence-corrected chi connectivity index (χ2v) is 10.7. The zero-order chi connectivity index (χ0) is 28.0. The molecule has 2 aromatic carbocycles. The molecule has 0 radical (unpaired) electrons. The number of rotatable bonds is 7. The second-order valence-electron chi connectivity index (χ2n) is 10.7. The molecule has 0 amide bonds. The van der Waals surface area contributed by atoms with E-state index in [4.69, 9.17) is 13.8 Å². The number of benzene rings is 2. The molecule has 212 valence electrons. The van der Waals surface area contributed by atoms with Gasteiger partial charge in [-0.15, -0.1) is 5.10 Å². The van der Waals surface area contributed by atoms with Crippen LogP contribution in [-0.4, -0.2) is 36.4 Å². The van der Waals surface area contributed by atoms with Gasteiger partial charge in [0, 0.05) is 33.0 Å². The number of hydrogen-bond acceptors (Lipinski definition) is 8. The van der Waals surface area contributed by atoms with Crippen molar-refractivity contribution in [3.63, 3.8) is 0 Å². The lowest BCUT2D eigenvalue weighted by Crippen LogP contribution is -2.30. The summed E-state index contributed by atoms with van der Waals surface area (Å²) in [6, 6.07) is 21.0. The minimum absolute atomic E-state index is 0.00224. The van der Waals surface area contributed by atoms with Crippen molar-refractivity contribution >= 4 is 5.88 Å². The molecule has 9 heteroatoms. The van der Waals surface area contributed by atoms with Gasteiger partial charge in [-0.25, -0.2) is 9.97 Å². The number of nitrogens with zero attached hydrogens (tertiary/aromatic N) is 7. The summed E-state index contributed by atoms with van der Waals surface area (Å²) in [7, 11) is 0. The molecule has 0 saturated carbocycles. The molecule has 4 bridgehead atoms. The molecule has 41 heavy (non-hydrogen) atoms. The lowest BCUT2D eigenvalue weighted by atomic mass is 10.1. The third kappa shape index (κ3) is 6.57. The van der Waals surface area contributed by atoms with Gasteiger partial charge in [0.2, 0.25) is 11.8 Å². The fourth-order valence-corrected chi connectivity index (χ4v) is 5.59. The standard InChI is InChI=1S/C32H37N7O2/c1-3-30-31-34-29(18-25-12-6-4-7-13-25)32(41-31)38(19-26-14-8-5-9-15-26)20-27-22-39(36-35-27)17-11-10-16-37(30)21-28-23-40-24(2)33-28/h4-9,12-15,22-23,30H,3,10-11,16-21H2,1-2H3. The van der Waals surface area contributed by atoms with Gasteiger partial charge in [0.05, 0.1) is 24.5 Å². The molecule has 0 fully saturated rings. The molecule has 0 saturated heterocycles. The van der Waals surface area contributed by atoms with Crippen LogP contribution >= 0.6 is 0 Å². The number of aryl methyl sites for hydroxylation is 2. The van der Waals surface area contributed by atoms with Crippen LogP contribution in [0.25, 0.3) is 0 Å². The average Bonchev–Trinajstić information content (AvgIpc) is 3.72. The summed E-state index contributed by atoms with van der Waals surface area (Å²) >= 11 is 0. The Morgan fingerprint density at radius 3 is 2.39 bits per heavy atom. The molecule has 0 spiro atoms. The first kappa shape index (κ1) is 27.0. The van der Waals surface area contributed by atoms with Crippen LogP contribution in [0.3, 0.4) is 0 Å². The Bertz CT molecular complexity index is 1530. The van der Waals surface area contributed by atoms with Gasteiger partial charge in [0.15, 0.2) is 5.89 Å². The Hall–Kier alpha value is -4.24. The first-order chi connectivity index (χ1) is 20.1. The third-order valence-corrected chi connectivity index (χ3v) is 7.58. The molecule has 9 nitrogen and oxygen atoms in total. The number of anilines is 1. The van der Waals surface area contributed by atoms with Gasteiger partial charge in [-0.3, -0.25) is 9.58 Å². The van der Waals surface area contributed by atoms with Gasteiger partial charge in [-0.05, 0) is 36.9 Å². The molecule has 1 atom stereocenters. The summed E-state index contributed by atoms with van der Waals surface area (Å²) < 4.78 is 14.3. The van der Waals surface area contributed by atoms with E-state index in [0.29, 0.717) is 31.9 Å². The summed E-state index contributed by atoms with van der Waals surface area (Å²) in [6.07, 6.45) is 7.36. The lowest BCUT2D eigenvalue weighted by Gasteiger charge is -2.28. The molecule has 6 rings (SSSR count). The van der Waals surface area contributed by atoms with Crippen LogP contribution in [0.2, 0.25) is 0 Å². The minimum atomic E-state index is 0.00224. The van der Waals surface area contributed by atoms with Crippen molar-refractivity contribution in [1.82, 2.24) is 29.9 Å². The Labute approximate surface area is 240 Å². The monoisotopic (exact) mass is 551 g/mol. The quantitative estimate of drug-likeness (QED) is 0.239. The molecule has 4 heterocycles. The van der Waals surface area contributed by atoms with Gasteiger partial charge >= 0.3 is 0 Å². The van der Waals surface area contributed by atoms with Crippen LogP contribution in [0.4, 0.5) is 5.88 Å². The van der Waals surface area contributed by atoms with Crippen LogP contribution < -0.4 is 4.90 Å². The number of aromatic nitrogens is 5. The van der Waals surface area contributed by atoms with Crippen molar-refractivity contribution in [2.45, 2.75) is 71.8 Å². The van der Waals surface area contributed by atoms with Crippen molar-refractivity contribution in [3.05, 3.63) is 113 Å². The van der Waals surface area contributed by atoms with Crippen molar-refractivity contribution in [3.8, 4) is 0 Å². The fourth-order valence-electron chi connectivity index (χ4n) is 5.59. The molecule has 1 aliphatic rings. The topological polar surface area (TPSA) is 89.3 Å². The Morgan fingerprint density at radius 2 is 1.66 bits per heavy atom. The van der Waals surface area contributed by atoms with E-state index < -0.39 is 0 Å². The predicted octanol–water partition coefficient (Wildman–Crippen LogP) is 6.11. The second kappa shape index (κ2) is 12.5. The van der Waals surface area contributed by atoms with Gasteiger partial charge in [-0.2, -0.15) is 0 Å². The fraction of sp³-hybridized carbons (Fsp3) is 0.375. The summed E-state index contributed by atoms with van der Waals surface area (Å²) in [5.41, 5.74) is 5.15. The summed E-state index contributed by atoms with van der Waals surface area (Å²) in [5.74, 6) is 2.21. The van der Waals surface area contributed by atoms with E-state index in [-0.39, 0.29) is 6.04 Å². The molecule has 5 aromatic rings. The van der Waals surface area contributed by atoms with E-state index >= 15 is 0 Å². The smallest absolute Gasteiger partial charge is 0.220 e. The minimum Gasteiger partial charge on any atom is -0.449 e. The summed E-state index contributed by atoms with van der Waals surface area (Å²) in [6.45, 7) is 7.71. The van der Waals surface area contributed by atoms with E-state index in [1.165, 1.54) is 11.1 Å². The molecular weight excluding hydrogens is 514 g/mol. The van der Waals surface area contributed by atoms with E-state index in [1.54, 1.807) is 6.26 Å². The van der Waals surface area contributed by atoms with E-state index in [1.807, 2.05) is 23.7 Å². The average molecular weight is 552 g/mol. The Morgan fingerprint density at radius 1 is 0.902 bits per heavy atom. The van der Waals surface area contributed by atoms with Crippen molar-refractivity contribution in [2.24, 2.45) is 0 Å². The van der Waals surface area contributed by atoms with Crippen LogP contribution in [0.5, 0.6) is 0 Å². The summed E-state index contributed by atoms with van der Waals surface area (Å²) in [5, 5.41) is 8.96. The van der Waals surface area contributed by atoms with Crippen LogP contribution in [-0.2, 0) is 32.6 Å². The van der Waals surface area contributed by atoms with Gasteiger partial charge in [0.1, 0.15) is 17.7 Å². The van der Waals surface area contributed by atoms with Crippen molar-refractivity contribution < 1.29 is 8.83 Å². The van der Waals surface area contributed by atoms with Crippen molar-refractivity contribution in [2.75, 3.05) is 11.4 Å². The largest absolute Gasteiger partial charge is 0.449 e. The SMILES string of the molecule is CCC1c2nc(Cc3ccccc3)c(o2)N(Cc2ccccc2)Cc2cn(nn2)CCCCN1Cc1coc(C)n1. The highest BCUT2D eigenvalue weighted by Crippen LogP contribution is 2.34. The molecule has 1 aliphatic heterocycles. The van der Waals surface area contributed by atoms with Crippen LogP contribution in [0.15, 0.2) is 82.0 Å². The normalized spacial score (nSPS) is 16.5. The first-order valence-corrected chi connectivity index (χ1v) is 14.5. The van der Waals surface area contributed by atoms with Gasteiger partial charge in [0.25, 0.3) is 0 Å². The number of fused-ring (bicyclic) bond motifs is 4. The zero-order valence-electron chi connectivity index (χ0n) is 23.8. The predicted molar refractivity (Wildman–Crippen MR) is 156 cm³/mol. The first-order valence-electron chi connectivity index (χ1n) is 14.5. The molecule has 3 aromatic heterocycles. The van der Waals surface area contributed by atoms with E-state index in [0.717, 1.165) is 61.2 Å². The maximum atomic E-state index is 6.82. The number of hydrogen-bond donors (Lipinski definition) is 0. The maximum Gasteiger partial charge on any atom is 0.220 e. The highest BCUT2D eigenvalue weighted by atomic mass is 16.4. The number of oxazole rings is 2. The van der Waals surface area contributed by atoms with Crippen molar-refractivity contribution in [1.29, 1.82) is 0 Å². The zero-order valence-corrected chi connectivity index (χ0v) is 23.8. The molecule has 0 N–H and O–H groups in total. The molecular formula is C32H37N7O2. The maximum absolute atomic E-state index is 6.82. The summed E-state index contributed by atoms with van der Waals surface area (Å²) in [4.78, 5) is 14.5. The molecule has 1 unspecified atom stereocenters.